The van der Waals surface area contributed by atoms with Gasteiger partial charge in [-0.1, -0.05) is 0 Å². The third kappa shape index (κ3) is 2.96. The van der Waals surface area contributed by atoms with Crippen LogP contribution < -0.4 is 9.80 Å². The van der Waals surface area contributed by atoms with E-state index in [0.717, 1.165) is 50.4 Å². The van der Waals surface area contributed by atoms with E-state index in [2.05, 4.69) is 15.0 Å². The minimum atomic E-state index is 0.00801. The molecule has 21 heavy (non-hydrogen) atoms. The summed E-state index contributed by atoms with van der Waals surface area (Å²) in [7, 11) is 0. The predicted molar refractivity (Wildman–Crippen MR) is 85.7 cm³/mol. The number of hydrogen-bond donors (Lipinski definition) is 1. The summed E-state index contributed by atoms with van der Waals surface area (Å²) in [5.41, 5.74) is 2.00. The van der Waals surface area contributed by atoms with Gasteiger partial charge in [-0.25, -0.2) is 0 Å². The minimum Gasteiger partial charge on any atom is -0.505 e. The molecule has 0 bridgehead atoms. The van der Waals surface area contributed by atoms with Crippen molar-refractivity contribution in [3.63, 3.8) is 0 Å². The fourth-order valence-corrected chi connectivity index (χ4v) is 3.39. The lowest BCUT2D eigenvalue weighted by molar-refractivity contribution is 0.475. The number of rotatable bonds is 3. The van der Waals surface area contributed by atoms with E-state index in [9.17, 15) is 10.0 Å². The molecule has 2 aliphatic rings. The standard InChI is InChI=1S/C16H23N3O2/c20-15-12-13(18-7-3-1-4-8-18)11-14(16(15)17-21)19-9-5-2-6-10-19/h11-12,20H,1-10H2. The molecule has 2 heterocycles. The average Bonchev–Trinajstić information content (AvgIpc) is 2.55. The molecule has 2 aliphatic heterocycles. The molecule has 5 heteroatoms. The molecule has 1 N–H and O–H groups in total. The van der Waals surface area contributed by atoms with E-state index in [1.165, 1.54) is 25.7 Å². The van der Waals surface area contributed by atoms with Gasteiger partial charge in [-0.2, -0.15) is 0 Å². The molecule has 2 fully saturated rings. The van der Waals surface area contributed by atoms with Crippen LogP contribution in [-0.2, 0) is 0 Å². The number of benzene rings is 1. The molecule has 0 amide bonds. The summed E-state index contributed by atoms with van der Waals surface area (Å²) in [5, 5.41) is 13.3. The Morgan fingerprint density at radius 1 is 0.857 bits per heavy atom. The van der Waals surface area contributed by atoms with E-state index in [-0.39, 0.29) is 11.4 Å². The smallest absolute Gasteiger partial charge is 0.172 e. The average molecular weight is 289 g/mol. The highest BCUT2D eigenvalue weighted by Crippen LogP contribution is 2.42. The fourth-order valence-electron chi connectivity index (χ4n) is 3.39. The van der Waals surface area contributed by atoms with Crippen molar-refractivity contribution in [3.8, 4) is 5.75 Å². The molecule has 0 atom stereocenters. The van der Waals surface area contributed by atoms with Crippen LogP contribution in [0.2, 0.25) is 0 Å². The third-order valence-corrected chi connectivity index (χ3v) is 4.56. The minimum absolute atomic E-state index is 0.00801. The van der Waals surface area contributed by atoms with Gasteiger partial charge in [-0.15, -0.1) is 4.91 Å². The zero-order valence-electron chi connectivity index (χ0n) is 12.4. The first kappa shape index (κ1) is 14.2. The Morgan fingerprint density at radius 2 is 1.43 bits per heavy atom. The second kappa shape index (κ2) is 6.33. The van der Waals surface area contributed by atoms with E-state index in [0.29, 0.717) is 0 Å². The van der Waals surface area contributed by atoms with Crippen molar-refractivity contribution in [2.75, 3.05) is 36.0 Å². The van der Waals surface area contributed by atoms with Crippen LogP contribution in [0.25, 0.3) is 0 Å². The molecule has 0 radical (unpaired) electrons. The number of anilines is 2. The van der Waals surface area contributed by atoms with Gasteiger partial charge >= 0.3 is 0 Å². The quantitative estimate of drug-likeness (QED) is 0.861. The Kier molecular flexibility index (Phi) is 4.27. The SMILES string of the molecule is O=Nc1c(O)cc(N2CCCCC2)cc1N1CCCCC1. The lowest BCUT2D eigenvalue weighted by Gasteiger charge is -2.33. The Balaban J connectivity index is 1.95. The molecule has 0 aromatic heterocycles. The lowest BCUT2D eigenvalue weighted by Crippen LogP contribution is -2.31. The molecular formula is C16H23N3O2. The maximum atomic E-state index is 11.1. The van der Waals surface area contributed by atoms with Gasteiger partial charge in [0.1, 0.15) is 5.75 Å². The molecule has 0 aliphatic carbocycles. The van der Waals surface area contributed by atoms with Crippen LogP contribution in [0, 0.1) is 4.91 Å². The zero-order valence-corrected chi connectivity index (χ0v) is 12.4. The van der Waals surface area contributed by atoms with Gasteiger partial charge in [-0.05, 0) is 49.8 Å². The highest BCUT2D eigenvalue weighted by molar-refractivity contribution is 5.79. The van der Waals surface area contributed by atoms with Gasteiger partial charge in [0.2, 0.25) is 0 Å². The van der Waals surface area contributed by atoms with E-state index < -0.39 is 0 Å². The normalized spacial score (nSPS) is 19.6. The molecule has 1 aromatic rings. The number of aromatic hydroxyl groups is 1. The van der Waals surface area contributed by atoms with E-state index in [1.807, 2.05) is 6.07 Å². The molecule has 2 saturated heterocycles. The summed E-state index contributed by atoms with van der Waals surface area (Å²) in [6.07, 6.45) is 7.15. The van der Waals surface area contributed by atoms with Gasteiger partial charge in [0.05, 0.1) is 5.69 Å². The summed E-state index contributed by atoms with van der Waals surface area (Å²) < 4.78 is 0. The molecule has 5 nitrogen and oxygen atoms in total. The van der Waals surface area contributed by atoms with Crippen LogP contribution in [-0.4, -0.2) is 31.3 Å². The van der Waals surface area contributed by atoms with Crippen LogP contribution in [0.5, 0.6) is 5.75 Å². The number of nitrogens with zero attached hydrogens (tertiary/aromatic N) is 3. The Hall–Kier alpha value is -1.78. The third-order valence-electron chi connectivity index (χ3n) is 4.56. The second-order valence-corrected chi connectivity index (χ2v) is 6.02. The molecule has 0 unspecified atom stereocenters. The number of piperidine rings is 2. The molecule has 3 rings (SSSR count). The molecule has 0 spiro atoms. The van der Waals surface area contributed by atoms with E-state index >= 15 is 0 Å². The largest absolute Gasteiger partial charge is 0.505 e. The van der Waals surface area contributed by atoms with Crippen molar-refractivity contribution in [2.45, 2.75) is 38.5 Å². The highest BCUT2D eigenvalue weighted by Gasteiger charge is 2.21. The van der Waals surface area contributed by atoms with E-state index in [1.54, 1.807) is 6.07 Å². The van der Waals surface area contributed by atoms with Crippen LogP contribution in [0.1, 0.15) is 38.5 Å². The van der Waals surface area contributed by atoms with Gasteiger partial charge in [-0.3, -0.25) is 0 Å². The molecule has 1 aromatic carbocycles. The first-order valence-corrected chi connectivity index (χ1v) is 8.00. The number of phenolic OH excluding ortho intramolecular Hbond substituents is 1. The molecule has 114 valence electrons. The lowest BCUT2D eigenvalue weighted by atomic mass is 10.1. The van der Waals surface area contributed by atoms with Crippen molar-refractivity contribution in [2.24, 2.45) is 5.18 Å². The molecular weight excluding hydrogens is 266 g/mol. The summed E-state index contributed by atoms with van der Waals surface area (Å²) in [6, 6.07) is 3.72. The number of phenols is 1. The Labute approximate surface area is 125 Å². The fraction of sp³-hybridized carbons (Fsp3) is 0.625. The van der Waals surface area contributed by atoms with Crippen LogP contribution in [0.4, 0.5) is 17.1 Å². The monoisotopic (exact) mass is 289 g/mol. The van der Waals surface area contributed by atoms with Crippen molar-refractivity contribution in [3.05, 3.63) is 17.0 Å². The first-order valence-electron chi connectivity index (χ1n) is 8.00. The van der Waals surface area contributed by atoms with Crippen molar-refractivity contribution in [1.82, 2.24) is 0 Å². The van der Waals surface area contributed by atoms with Crippen molar-refractivity contribution in [1.29, 1.82) is 0 Å². The van der Waals surface area contributed by atoms with Gasteiger partial charge in [0.25, 0.3) is 0 Å². The maximum absolute atomic E-state index is 11.1. The summed E-state index contributed by atoms with van der Waals surface area (Å²) >= 11 is 0. The highest BCUT2D eigenvalue weighted by atomic mass is 16.3. The Morgan fingerprint density at radius 3 is 2.00 bits per heavy atom. The van der Waals surface area contributed by atoms with Crippen LogP contribution in [0.3, 0.4) is 0 Å². The van der Waals surface area contributed by atoms with Gasteiger partial charge < -0.3 is 14.9 Å². The second-order valence-electron chi connectivity index (χ2n) is 6.02. The summed E-state index contributed by atoms with van der Waals surface area (Å²) in [4.78, 5) is 15.6. The topological polar surface area (TPSA) is 56.1 Å². The first-order chi connectivity index (χ1) is 10.3. The zero-order chi connectivity index (χ0) is 14.7. The predicted octanol–water partition coefficient (Wildman–Crippen LogP) is 3.77. The van der Waals surface area contributed by atoms with Crippen LogP contribution in [0.15, 0.2) is 17.3 Å². The summed E-state index contributed by atoms with van der Waals surface area (Å²) in [6.45, 7) is 3.91. The van der Waals surface area contributed by atoms with Crippen molar-refractivity contribution < 1.29 is 5.11 Å². The number of hydrogen-bond acceptors (Lipinski definition) is 5. The van der Waals surface area contributed by atoms with E-state index in [4.69, 9.17) is 0 Å². The van der Waals surface area contributed by atoms with Gasteiger partial charge in [0.15, 0.2) is 5.69 Å². The number of nitroso groups, excluding NO2 is 1. The maximum Gasteiger partial charge on any atom is 0.172 e. The summed E-state index contributed by atoms with van der Waals surface area (Å²) in [5.74, 6) is 0.00801. The Bertz CT molecular complexity index is 506. The van der Waals surface area contributed by atoms with Gasteiger partial charge in [0, 0.05) is 37.9 Å². The van der Waals surface area contributed by atoms with Crippen molar-refractivity contribution >= 4 is 17.1 Å². The molecule has 0 saturated carbocycles. The van der Waals surface area contributed by atoms with Crippen LogP contribution >= 0.6 is 0 Å².